The van der Waals surface area contributed by atoms with Crippen molar-refractivity contribution in [3.63, 3.8) is 0 Å². The van der Waals surface area contributed by atoms with Gasteiger partial charge in [-0.1, -0.05) is 65.7 Å². The van der Waals surface area contributed by atoms with E-state index in [1.54, 1.807) is 19.2 Å². The van der Waals surface area contributed by atoms with Crippen LogP contribution in [0.3, 0.4) is 0 Å². The Morgan fingerprint density at radius 1 is 1.16 bits per heavy atom. The molecule has 160 valence electrons. The molecule has 0 spiro atoms. The molecule has 1 heterocycles. The fourth-order valence-electron chi connectivity index (χ4n) is 2.72. The molecule has 0 bridgehead atoms. The van der Waals surface area contributed by atoms with Crippen molar-refractivity contribution in [2.75, 3.05) is 4.72 Å². The quantitative estimate of drug-likeness (QED) is 0.352. The zero-order valence-electron chi connectivity index (χ0n) is 16.3. The lowest BCUT2D eigenvalue weighted by Gasteiger charge is -2.13. The van der Waals surface area contributed by atoms with Crippen LogP contribution in [0.5, 0.6) is 11.5 Å². The molecule has 0 amide bonds. The first-order chi connectivity index (χ1) is 14.7. The van der Waals surface area contributed by atoms with E-state index < -0.39 is 10.0 Å². The molecule has 5 nitrogen and oxygen atoms in total. The molecule has 0 radical (unpaired) electrons. The summed E-state index contributed by atoms with van der Waals surface area (Å²) in [5, 5.41) is 1.17. The SMILES string of the molecule is C=C(Cl)/C=C(Cl)\C(=C/C)S(=O)(=O)Nc1ccc(Oc2cnc3ccccc3c2)c(Cl)c1. The lowest BCUT2D eigenvalue weighted by Crippen LogP contribution is -2.15. The Morgan fingerprint density at radius 3 is 2.58 bits per heavy atom. The van der Waals surface area contributed by atoms with E-state index in [1.165, 1.54) is 24.3 Å². The van der Waals surface area contributed by atoms with Crippen LogP contribution in [0, 0.1) is 0 Å². The largest absolute Gasteiger partial charge is 0.454 e. The number of hydrogen-bond acceptors (Lipinski definition) is 4. The number of hydrogen-bond donors (Lipinski definition) is 1. The smallest absolute Gasteiger partial charge is 0.263 e. The number of fused-ring (bicyclic) bond motifs is 1. The molecule has 3 rings (SSSR count). The van der Waals surface area contributed by atoms with Crippen molar-refractivity contribution in [2.45, 2.75) is 6.92 Å². The average molecular weight is 496 g/mol. The molecule has 0 fully saturated rings. The van der Waals surface area contributed by atoms with Gasteiger partial charge in [0.25, 0.3) is 10.0 Å². The van der Waals surface area contributed by atoms with Crippen LogP contribution < -0.4 is 9.46 Å². The molecule has 0 atom stereocenters. The molecular weight excluding hydrogens is 479 g/mol. The van der Waals surface area contributed by atoms with E-state index in [-0.39, 0.29) is 25.7 Å². The van der Waals surface area contributed by atoms with Crippen LogP contribution in [0.2, 0.25) is 5.02 Å². The number of allylic oxidation sites excluding steroid dienone is 4. The third-order valence-corrected chi connectivity index (χ3v) is 6.42. The number of benzene rings is 2. The first kappa shape index (κ1) is 23.2. The summed E-state index contributed by atoms with van der Waals surface area (Å²) in [4.78, 5) is 4.20. The monoisotopic (exact) mass is 494 g/mol. The Bertz CT molecular complexity index is 1320. The molecule has 31 heavy (non-hydrogen) atoms. The number of nitrogens with zero attached hydrogens (tertiary/aromatic N) is 1. The summed E-state index contributed by atoms with van der Waals surface area (Å²) in [5.41, 5.74) is 1.08. The predicted octanol–water partition coefficient (Wildman–Crippen LogP) is 7.20. The lowest BCUT2D eigenvalue weighted by molar-refractivity contribution is 0.481. The summed E-state index contributed by atoms with van der Waals surface area (Å²) in [6, 6.07) is 14.0. The van der Waals surface area contributed by atoms with Crippen molar-refractivity contribution < 1.29 is 13.2 Å². The van der Waals surface area contributed by atoms with Crippen molar-refractivity contribution in [3.05, 3.63) is 93.5 Å². The fourth-order valence-corrected chi connectivity index (χ4v) is 4.82. The normalized spacial score (nSPS) is 12.6. The van der Waals surface area contributed by atoms with Crippen LogP contribution in [0.1, 0.15) is 6.92 Å². The van der Waals surface area contributed by atoms with Crippen molar-refractivity contribution in [1.82, 2.24) is 4.98 Å². The number of anilines is 1. The zero-order chi connectivity index (χ0) is 22.6. The first-order valence-electron chi connectivity index (χ1n) is 8.93. The minimum atomic E-state index is -3.98. The molecule has 9 heteroatoms. The summed E-state index contributed by atoms with van der Waals surface area (Å²) >= 11 is 18.1. The minimum absolute atomic E-state index is 0.0649. The van der Waals surface area contributed by atoms with Gasteiger partial charge in [-0.25, -0.2) is 8.42 Å². The van der Waals surface area contributed by atoms with Gasteiger partial charge < -0.3 is 4.74 Å². The van der Waals surface area contributed by atoms with E-state index in [9.17, 15) is 8.42 Å². The highest BCUT2D eigenvalue weighted by Crippen LogP contribution is 2.33. The number of rotatable bonds is 7. The molecular formula is C22H17Cl3N2O3S. The number of aromatic nitrogens is 1. The summed E-state index contributed by atoms with van der Waals surface area (Å²) < 4.78 is 33.7. The van der Waals surface area contributed by atoms with Crippen molar-refractivity contribution in [2.24, 2.45) is 0 Å². The standard InChI is InChI=1S/C22H17Cl3N2O3S/c1-3-22(19(25)10-14(2)23)31(28,29)27-16-8-9-21(18(24)12-16)30-17-11-15-6-4-5-7-20(15)26-13-17/h3-13,27H,2H2,1H3/b19-10+,22-3+. The summed E-state index contributed by atoms with van der Waals surface area (Å²) in [7, 11) is -3.98. The third kappa shape index (κ3) is 5.80. The van der Waals surface area contributed by atoms with Crippen LogP contribution >= 0.6 is 34.8 Å². The molecule has 0 unspecified atom stereocenters. The van der Waals surface area contributed by atoms with Gasteiger partial charge in [0.15, 0.2) is 0 Å². The summed E-state index contributed by atoms with van der Waals surface area (Å²) in [6.45, 7) is 5.02. The third-order valence-electron chi connectivity index (χ3n) is 4.05. The van der Waals surface area contributed by atoms with Crippen LogP contribution in [-0.4, -0.2) is 13.4 Å². The molecule has 1 aromatic heterocycles. The van der Waals surface area contributed by atoms with Crippen LogP contribution in [0.4, 0.5) is 5.69 Å². The van der Waals surface area contributed by atoms with Crippen LogP contribution in [0.25, 0.3) is 10.9 Å². The fraction of sp³-hybridized carbons (Fsp3) is 0.0455. The number of pyridine rings is 1. The van der Waals surface area contributed by atoms with Crippen LogP contribution in [-0.2, 0) is 10.0 Å². The average Bonchev–Trinajstić information content (AvgIpc) is 2.69. The highest BCUT2D eigenvalue weighted by Gasteiger charge is 2.20. The maximum Gasteiger partial charge on any atom is 0.263 e. The van der Waals surface area contributed by atoms with Crippen molar-refractivity contribution in [3.8, 4) is 11.5 Å². The Labute approximate surface area is 195 Å². The molecule has 0 aliphatic heterocycles. The van der Waals surface area contributed by atoms with E-state index >= 15 is 0 Å². The van der Waals surface area contributed by atoms with Gasteiger partial charge in [-0.15, -0.1) is 0 Å². The molecule has 0 aliphatic carbocycles. The van der Waals surface area contributed by atoms with Gasteiger partial charge in [0, 0.05) is 10.4 Å². The maximum absolute atomic E-state index is 12.7. The van der Waals surface area contributed by atoms with E-state index in [4.69, 9.17) is 39.5 Å². The van der Waals surface area contributed by atoms with Gasteiger partial charge in [0.05, 0.1) is 27.5 Å². The Morgan fingerprint density at radius 2 is 1.90 bits per heavy atom. The molecule has 0 saturated heterocycles. The number of para-hydroxylation sites is 1. The number of nitrogens with one attached hydrogen (secondary N) is 1. The second-order valence-electron chi connectivity index (χ2n) is 6.31. The molecule has 3 aromatic rings. The van der Waals surface area contributed by atoms with Gasteiger partial charge in [-0.05, 0) is 43.3 Å². The molecule has 2 aromatic carbocycles. The second kappa shape index (κ2) is 9.75. The van der Waals surface area contributed by atoms with Gasteiger partial charge in [-0.3, -0.25) is 9.71 Å². The summed E-state index contributed by atoms with van der Waals surface area (Å²) in [5.74, 6) is 0.854. The Hall–Kier alpha value is -2.51. The Kier molecular flexibility index (Phi) is 7.28. The molecule has 1 N–H and O–H groups in total. The molecule has 0 aliphatic rings. The summed E-state index contributed by atoms with van der Waals surface area (Å²) in [6.07, 6.45) is 4.19. The van der Waals surface area contributed by atoms with Crippen LogP contribution in [0.15, 0.2) is 88.4 Å². The predicted molar refractivity (Wildman–Crippen MR) is 128 cm³/mol. The van der Waals surface area contributed by atoms with E-state index in [0.717, 1.165) is 10.9 Å². The van der Waals surface area contributed by atoms with Gasteiger partial charge >= 0.3 is 0 Å². The highest BCUT2D eigenvalue weighted by atomic mass is 35.5. The van der Waals surface area contributed by atoms with Gasteiger partial charge in [0.1, 0.15) is 16.4 Å². The molecule has 0 saturated carbocycles. The first-order valence-corrected chi connectivity index (χ1v) is 11.5. The minimum Gasteiger partial charge on any atom is -0.454 e. The van der Waals surface area contributed by atoms with Gasteiger partial charge in [0.2, 0.25) is 0 Å². The lowest BCUT2D eigenvalue weighted by atomic mass is 10.2. The van der Waals surface area contributed by atoms with Gasteiger partial charge in [-0.2, -0.15) is 0 Å². The zero-order valence-corrected chi connectivity index (χ0v) is 19.4. The van der Waals surface area contributed by atoms with E-state index in [1.807, 2.05) is 30.3 Å². The second-order valence-corrected chi connectivity index (χ2v) is 9.26. The number of halogens is 3. The van der Waals surface area contributed by atoms with Crippen molar-refractivity contribution in [1.29, 1.82) is 0 Å². The topological polar surface area (TPSA) is 68.3 Å². The Balaban J connectivity index is 1.82. The number of sulfonamides is 1. The number of ether oxygens (including phenoxy) is 1. The highest BCUT2D eigenvalue weighted by molar-refractivity contribution is 7.96. The van der Waals surface area contributed by atoms with E-state index in [0.29, 0.717) is 11.5 Å². The van der Waals surface area contributed by atoms with Crippen molar-refractivity contribution >= 4 is 61.4 Å². The van der Waals surface area contributed by atoms with E-state index in [2.05, 4.69) is 16.3 Å². The maximum atomic E-state index is 12.7.